The Morgan fingerprint density at radius 3 is 2.30 bits per heavy atom. The standard InChI is InChI=1S/C21H44N3O3/c1-5-8-11-16-24(15-10-7-3)17-20-27-21(4,25-18-12-22)26-19-14-23-13-9-6-2/h11,23H,5-10,12-15,17-20,22H2,1-4H3/q+1. The van der Waals surface area contributed by atoms with E-state index in [9.17, 15) is 0 Å². The monoisotopic (exact) mass is 386 g/mol. The molecule has 6 heteroatoms. The molecule has 160 valence electrons. The van der Waals surface area contributed by atoms with Crippen LogP contribution in [0.3, 0.4) is 0 Å². The predicted molar refractivity (Wildman–Crippen MR) is 112 cm³/mol. The Bertz CT molecular complexity index is 398. The molecule has 0 amide bonds. The maximum atomic E-state index is 5.95. The first-order valence-corrected chi connectivity index (χ1v) is 10.8. The van der Waals surface area contributed by atoms with Gasteiger partial charge in [-0.1, -0.05) is 40.0 Å². The van der Waals surface area contributed by atoms with E-state index in [1.807, 2.05) is 6.92 Å². The number of ether oxygens (including phenoxy) is 3. The fraction of sp³-hybridized carbons (Fsp3) is 0.905. The molecule has 0 aromatic heterocycles. The highest BCUT2D eigenvalue weighted by Crippen LogP contribution is 2.14. The quantitative estimate of drug-likeness (QED) is 0.155. The average molecular weight is 387 g/mol. The van der Waals surface area contributed by atoms with Gasteiger partial charge in [0.15, 0.2) is 19.0 Å². The highest BCUT2D eigenvalue weighted by molar-refractivity contribution is 5.45. The summed E-state index contributed by atoms with van der Waals surface area (Å²) in [5.41, 5.74) is 5.57. The van der Waals surface area contributed by atoms with E-state index in [0.29, 0.717) is 26.4 Å². The van der Waals surface area contributed by atoms with Crippen molar-refractivity contribution in [1.82, 2.24) is 5.32 Å². The second-order valence-electron chi connectivity index (χ2n) is 6.76. The molecule has 6 nitrogen and oxygen atoms in total. The maximum Gasteiger partial charge on any atom is 0.280 e. The third-order valence-electron chi connectivity index (χ3n) is 4.05. The predicted octanol–water partition coefficient (Wildman–Crippen LogP) is 2.90. The van der Waals surface area contributed by atoms with E-state index in [0.717, 1.165) is 51.9 Å². The minimum atomic E-state index is -1.06. The Labute approximate surface area is 167 Å². The zero-order valence-electron chi connectivity index (χ0n) is 18.2. The molecule has 27 heavy (non-hydrogen) atoms. The first-order chi connectivity index (χ1) is 13.1. The molecule has 0 fully saturated rings. The lowest BCUT2D eigenvalue weighted by molar-refractivity contribution is -0.530. The van der Waals surface area contributed by atoms with Crippen LogP contribution in [-0.2, 0) is 14.2 Å². The molecule has 0 bridgehead atoms. The van der Waals surface area contributed by atoms with Gasteiger partial charge in [-0.3, -0.25) is 0 Å². The van der Waals surface area contributed by atoms with Crippen molar-refractivity contribution in [3.05, 3.63) is 6.08 Å². The summed E-state index contributed by atoms with van der Waals surface area (Å²) in [6.07, 6.45) is 8.97. The zero-order chi connectivity index (χ0) is 20.2. The fourth-order valence-corrected chi connectivity index (χ4v) is 2.37. The van der Waals surface area contributed by atoms with Crippen LogP contribution >= 0.6 is 0 Å². The number of hydrogen-bond donors (Lipinski definition) is 2. The number of allylic oxidation sites excluding steroid dienone is 1. The van der Waals surface area contributed by atoms with Crippen LogP contribution in [0, 0.1) is 0 Å². The molecule has 0 aromatic carbocycles. The van der Waals surface area contributed by atoms with E-state index >= 15 is 0 Å². The normalized spacial score (nSPS) is 13.2. The van der Waals surface area contributed by atoms with Gasteiger partial charge >= 0.3 is 0 Å². The minimum absolute atomic E-state index is 0.405. The van der Waals surface area contributed by atoms with E-state index in [-0.39, 0.29) is 0 Å². The summed E-state index contributed by atoms with van der Waals surface area (Å²) in [5, 5.41) is 3.36. The zero-order valence-corrected chi connectivity index (χ0v) is 18.2. The molecular weight excluding hydrogens is 342 g/mol. The van der Waals surface area contributed by atoms with Crippen LogP contribution < -0.4 is 11.1 Å². The van der Waals surface area contributed by atoms with Gasteiger partial charge in [-0.05, 0) is 19.4 Å². The van der Waals surface area contributed by atoms with Crippen LogP contribution in [0.4, 0.5) is 0 Å². The Hall–Kier alpha value is -0.750. The fourth-order valence-electron chi connectivity index (χ4n) is 2.37. The summed E-state index contributed by atoms with van der Waals surface area (Å²) < 4.78 is 19.7. The van der Waals surface area contributed by atoms with Crippen molar-refractivity contribution in [2.45, 2.75) is 72.2 Å². The van der Waals surface area contributed by atoms with E-state index < -0.39 is 5.97 Å². The second kappa shape index (κ2) is 18.6. The lowest BCUT2D eigenvalue weighted by Gasteiger charge is -2.29. The molecule has 0 radical (unpaired) electrons. The van der Waals surface area contributed by atoms with Gasteiger partial charge in [-0.15, -0.1) is 0 Å². The summed E-state index contributed by atoms with van der Waals surface area (Å²) in [6, 6.07) is 0. The van der Waals surface area contributed by atoms with Crippen molar-refractivity contribution in [2.75, 3.05) is 52.5 Å². The number of nitrogens with two attached hydrogens (primary N) is 1. The Kier molecular flexibility index (Phi) is 18.1. The topological polar surface area (TPSA) is 68.8 Å². The van der Waals surface area contributed by atoms with E-state index in [4.69, 9.17) is 19.9 Å². The third-order valence-corrected chi connectivity index (χ3v) is 4.05. The van der Waals surface area contributed by atoms with Crippen molar-refractivity contribution in [3.8, 4) is 0 Å². The SMILES string of the molecule is CCCC=C=[N+](CCCC)CCOC(C)(OCCN)OCCNCCCC. The first kappa shape index (κ1) is 26.2. The van der Waals surface area contributed by atoms with E-state index in [1.165, 1.54) is 12.8 Å². The summed E-state index contributed by atoms with van der Waals surface area (Å²) >= 11 is 0. The Balaban J connectivity index is 4.47. The number of unbranched alkanes of at least 4 members (excludes halogenated alkanes) is 3. The Morgan fingerprint density at radius 2 is 1.63 bits per heavy atom. The average Bonchev–Trinajstić information content (AvgIpc) is 2.67. The molecule has 0 spiro atoms. The molecule has 0 saturated carbocycles. The molecule has 0 saturated heterocycles. The molecule has 0 aliphatic carbocycles. The van der Waals surface area contributed by atoms with Gasteiger partial charge in [0.2, 0.25) is 0 Å². The van der Waals surface area contributed by atoms with Crippen molar-refractivity contribution in [1.29, 1.82) is 0 Å². The second-order valence-corrected chi connectivity index (χ2v) is 6.76. The molecular formula is C21H44N3O3+. The largest absolute Gasteiger partial charge is 0.328 e. The summed E-state index contributed by atoms with van der Waals surface area (Å²) in [4.78, 5) is 0. The lowest BCUT2D eigenvalue weighted by Crippen LogP contribution is -2.40. The van der Waals surface area contributed by atoms with Crippen LogP contribution in [0.5, 0.6) is 0 Å². The minimum Gasteiger partial charge on any atom is -0.328 e. The number of nitrogens with zero attached hydrogens (tertiary/aromatic N) is 1. The highest BCUT2D eigenvalue weighted by Gasteiger charge is 2.27. The molecule has 3 N–H and O–H groups in total. The van der Waals surface area contributed by atoms with Gasteiger partial charge in [0.25, 0.3) is 5.97 Å². The molecule has 0 aromatic rings. The highest BCUT2D eigenvalue weighted by atomic mass is 16.9. The number of rotatable bonds is 19. The molecule has 0 aliphatic heterocycles. The van der Waals surface area contributed by atoms with Crippen LogP contribution in [0.15, 0.2) is 6.08 Å². The summed E-state index contributed by atoms with van der Waals surface area (Å²) in [6.45, 7) is 13.8. The van der Waals surface area contributed by atoms with E-state index in [2.05, 4.69) is 42.6 Å². The van der Waals surface area contributed by atoms with Crippen LogP contribution in [0.1, 0.15) is 66.2 Å². The van der Waals surface area contributed by atoms with Gasteiger partial charge < -0.3 is 25.3 Å². The molecule has 1 unspecified atom stereocenters. The van der Waals surface area contributed by atoms with Crippen LogP contribution in [0.25, 0.3) is 0 Å². The molecule has 0 rings (SSSR count). The third kappa shape index (κ3) is 16.0. The summed E-state index contributed by atoms with van der Waals surface area (Å²) in [7, 11) is 0. The van der Waals surface area contributed by atoms with Gasteiger partial charge in [-0.2, -0.15) is 4.58 Å². The van der Waals surface area contributed by atoms with Gasteiger partial charge in [0.1, 0.15) is 6.61 Å². The smallest absolute Gasteiger partial charge is 0.280 e. The van der Waals surface area contributed by atoms with Crippen molar-refractivity contribution < 1.29 is 18.8 Å². The molecule has 1 atom stereocenters. The molecule has 0 aliphatic rings. The van der Waals surface area contributed by atoms with E-state index in [1.54, 1.807) is 0 Å². The Morgan fingerprint density at radius 1 is 0.926 bits per heavy atom. The molecule has 0 heterocycles. The lowest BCUT2D eigenvalue weighted by atomic mass is 10.3. The van der Waals surface area contributed by atoms with Gasteiger partial charge in [0, 0.05) is 32.5 Å². The van der Waals surface area contributed by atoms with Crippen LogP contribution in [0.2, 0.25) is 0 Å². The number of hydrogen-bond acceptors (Lipinski definition) is 5. The van der Waals surface area contributed by atoms with Crippen molar-refractivity contribution >= 4 is 5.87 Å². The van der Waals surface area contributed by atoms with Crippen molar-refractivity contribution in [2.24, 2.45) is 5.73 Å². The maximum absolute atomic E-state index is 5.95. The summed E-state index contributed by atoms with van der Waals surface area (Å²) in [5.74, 6) is 2.31. The van der Waals surface area contributed by atoms with Crippen molar-refractivity contribution in [3.63, 3.8) is 0 Å². The van der Waals surface area contributed by atoms with Crippen LogP contribution in [-0.4, -0.2) is 69.0 Å². The first-order valence-electron chi connectivity index (χ1n) is 10.8. The van der Waals surface area contributed by atoms with Gasteiger partial charge in [-0.25, -0.2) is 0 Å². The van der Waals surface area contributed by atoms with Gasteiger partial charge in [0.05, 0.1) is 13.2 Å². The number of nitrogens with one attached hydrogen (secondary N) is 1.